The fraction of sp³-hybridized carbons (Fsp3) is 0.263. The van der Waals surface area contributed by atoms with Gasteiger partial charge < -0.3 is 14.8 Å². The summed E-state index contributed by atoms with van der Waals surface area (Å²) in [4.78, 5) is 23.5. The maximum absolute atomic E-state index is 11.8. The van der Waals surface area contributed by atoms with Crippen molar-refractivity contribution in [1.29, 1.82) is 0 Å². The van der Waals surface area contributed by atoms with Gasteiger partial charge in [0.2, 0.25) is 0 Å². The molecule has 5 heteroatoms. The van der Waals surface area contributed by atoms with Crippen molar-refractivity contribution in [3.8, 4) is 5.75 Å². The minimum Gasteiger partial charge on any atom is -0.494 e. The van der Waals surface area contributed by atoms with E-state index in [-0.39, 0.29) is 18.9 Å². The van der Waals surface area contributed by atoms with Gasteiger partial charge in [0.05, 0.1) is 6.61 Å². The van der Waals surface area contributed by atoms with E-state index in [0.29, 0.717) is 18.7 Å². The first-order valence-corrected chi connectivity index (χ1v) is 7.90. The Bertz CT molecular complexity index is 670. The van der Waals surface area contributed by atoms with Crippen molar-refractivity contribution >= 4 is 17.6 Å². The summed E-state index contributed by atoms with van der Waals surface area (Å²) in [7, 11) is 0. The summed E-state index contributed by atoms with van der Waals surface area (Å²) < 4.78 is 10.5. The molecule has 24 heavy (non-hydrogen) atoms. The molecule has 0 atom stereocenters. The molecule has 1 amide bonds. The molecule has 5 nitrogen and oxygen atoms in total. The van der Waals surface area contributed by atoms with Gasteiger partial charge in [0.15, 0.2) is 6.61 Å². The summed E-state index contributed by atoms with van der Waals surface area (Å²) >= 11 is 0. The zero-order valence-electron chi connectivity index (χ0n) is 13.7. The van der Waals surface area contributed by atoms with Gasteiger partial charge >= 0.3 is 5.97 Å². The molecular formula is C19H21NO4. The third-order valence-corrected chi connectivity index (χ3v) is 3.29. The van der Waals surface area contributed by atoms with Crippen LogP contribution < -0.4 is 10.1 Å². The average Bonchev–Trinajstić information content (AvgIpc) is 2.60. The lowest BCUT2D eigenvalue weighted by Crippen LogP contribution is -2.21. The highest BCUT2D eigenvalue weighted by Gasteiger charge is 2.10. The molecule has 0 spiro atoms. The van der Waals surface area contributed by atoms with Crippen molar-refractivity contribution in [1.82, 2.24) is 0 Å². The molecule has 0 aliphatic heterocycles. The Morgan fingerprint density at radius 3 is 2.46 bits per heavy atom. The molecule has 0 bridgehead atoms. The Morgan fingerprint density at radius 2 is 1.71 bits per heavy atom. The van der Waals surface area contributed by atoms with Crippen molar-refractivity contribution in [3.63, 3.8) is 0 Å². The number of carbonyl (C=O) groups is 2. The van der Waals surface area contributed by atoms with E-state index in [2.05, 4.69) is 5.32 Å². The number of hydrogen-bond acceptors (Lipinski definition) is 4. The quantitative estimate of drug-likeness (QED) is 0.756. The number of esters is 1. The predicted octanol–water partition coefficient (Wildman–Crippen LogP) is 3.20. The summed E-state index contributed by atoms with van der Waals surface area (Å²) in [6.45, 7) is 2.19. The number of ether oxygens (including phenoxy) is 2. The number of hydrogen-bond donors (Lipinski definition) is 1. The lowest BCUT2D eigenvalue weighted by molar-refractivity contribution is -0.147. The van der Waals surface area contributed by atoms with Gasteiger partial charge in [-0.05, 0) is 37.1 Å². The van der Waals surface area contributed by atoms with Gasteiger partial charge in [-0.2, -0.15) is 0 Å². The Morgan fingerprint density at radius 1 is 1.00 bits per heavy atom. The number of anilines is 1. The summed E-state index contributed by atoms with van der Waals surface area (Å²) in [5.41, 5.74) is 1.62. The highest BCUT2D eigenvalue weighted by molar-refractivity contribution is 5.92. The van der Waals surface area contributed by atoms with Crippen LogP contribution in [0, 0.1) is 0 Å². The second kappa shape index (κ2) is 9.35. The summed E-state index contributed by atoms with van der Waals surface area (Å²) in [6, 6.07) is 16.6. The van der Waals surface area contributed by atoms with E-state index in [9.17, 15) is 9.59 Å². The first-order chi connectivity index (χ1) is 11.7. The molecule has 0 aromatic heterocycles. The zero-order valence-corrected chi connectivity index (χ0v) is 13.7. The van der Waals surface area contributed by atoms with E-state index in [4.69, 9.17) is 9.47 Å². The standard InChI is InChI=1S/C19H21NO4/c1-2-23-17-11-7-6-8-15(17)12-13-19(22)24-14-18(21)20-16-9-4-3-5-10-16/h3-11H,2,12-14H2,1H3,(H,20,21). The molecule has 2 aromatic carbocycles. The van der Waals surface area contributed by atoms with Crippen LogP contribution in [0.15, 0.2) is 54.6 Å². The topological polar surface area (TPSA) is 64.6 Å². The fourth-order valence-corrected chi connectivity index (χ4v) is 2.18. The summed E-state index contributed by atoms with van der Waals surface area (Å²) in [6.07, 6.45) is 0.706. The lowest BCUT2D eigenvalue weighted by atomic mass is 10.1. The van der Waals surface area contributed by atoms with Gasteiger partial charge in [-0.15, -0.1) is 0 Å². The van der Waals surface area contributed by atoms with Crippen LogP contribution in [0.25, 0.3) is 0 Å². The molecule has 2 aromatic rings. The molecule has 0 aliphatic carbocycles. The van der Waals surface area contributed by atoms with E-state index < -0.39 is 5.97 Å². The van der Waals surface area contributed by atoms with Gasteiger partial charge in [-0.25, -0.2) is 0 Å². The van der Waals surface area contributed by atoms with E-state index >= 15 is 0 Å². The van der Waals surface area contributed by atoms with Crippen LogP contribution in [0.5, 0.6) is 5.75 Å². The van der Waals surface area contributed by atoms with Gasteiger partial charge in [-0.3, -0.25) is 9.59 Å². The monoisotopic (exact) mass is 327 g/mol. The van der Waals surface area contributed by atoms with E-state index in [1.165, 1.54) is 0 Å². The number of nitrogens with one attached hydrogen (secondary N) is 1. The van der Waals surface area contributed by atoms with Gasteiger partial charge in [0, 0.05) is 12.1 Å². The van der Waals surface area contributed by atoms with Gasteiger partial charge in [0.1, 0.15) is 5.75 Å². The van der Waals surface area contributed by atoms with Crippen LogP contribution in [0.2, 0.25) is 0 Å². The van der Waals surface area contributed by atoms with Crippen LogP contribution in [0.1, 0.15) is 18.9 Å². The molecule has 126 valence electrons. The number of amides is 1. The molecule has 0 aliphatic rings. The molecule has 1 N–H and O–H groups in total. The molecule has 0 unspecified atom stereocenters. The zero-order chi connectivity index (χ0) is 17.2. The number of aryl methyl sites for hydroxylation is 1. The van der Waals surface area contributed by atoms with E-state index in [1.807, 2.05) is 49.4 Å². The van der Waals surface area contributed by atoms with Crippen molar-refractivity contribution in [2.45, 2.75) is 19.8 Å². The minimum atomic E-state index is -0.412. The Kier molecular flexibility index (Phi) is 6.83. The van der Waals surface area contributed by atoms with Crippen LogP contribution in [-0.2, 0) is 20.7 Å². The Balaban J connectivity index is 1.74. The van der Waals surface area contributed by atoms with Crippen LogP contribution in [0.4, 0.5) is 5.69 Å². The van der Waals surface area contributed by atoms with Crippen LogP contribution in [0.3, 0.4) is 0 Å². The second-order valence-corrected chi connectivity index (χ2v) is 5.12. The first kappa shape index (κ1) is 17.5. The van der Waals surface area contributed by atoms with Gasteiger partial charge in [0.25, 0.3) is 5.91 Å². The molecular weight excluding hydrogens is 306 g/mol. The molecule has 0 heterocycles. The number of para-hydroxylation sites is 2. The number of benzene rings is 2. The van der Waals surface area contributed by atoms with E-state index in [1.54, 1.807) is 12.1 Å². The highest BCUT2D eigenvalue weighted by atomic mass is 16.5. The normalized spacial score (nSPS) is 10.0. The summed E-state index contributed by atoms with van der Waals surface area (Å²) in [5, 5.41) is 2.66. The lowest BCUT2D eigenvalue weighted by Gasteiger charge is -2.10. The third kappa shape index (κ3) is 5.76. The molecule has 0 saturated carbocycles. The van der Waals surface area contributed by atoms with E-state index in [0.717, 1.165) is 11.3 Å². The number of rotatable bonds is 8. The van der Waals surface area contributed by atoms with Crippen LogP contribution >= 0.6 is 0 Å². The van der Waals surface area contributed by atoms with Crippen LogP contribution in [-0.4, -0.2) is 25.1 Å². The third-order valence-electron chi connectivity index (χ3n) is 3.29. The maximum Gasteiger partial charge on any atom is 0.306 e. The minimum absolute atomic E-state index is 0.197. The molecule has 2 rings (SSSR count). The SMILES string of the molecule is CCOc1ccccc1CCC(=O)OCC(=O)Nc1ccccc1. The smallest absolute Gasteiger partial charge is 0.306 e. The Hall–Kier alpha value is -2.82. The van der Waals surface area contributed by atoms with Crippen molar-refractivity contribution in [2.24, 2.45) is 0 Å². The maximum atomic E-state index is 11.8. The highest BCUT2D eigenvalue weighted by Crippen LogP contribution is 2.19. The molecule has 0 saturated heterocycles. The van der Waals surface area contributed by atoms with Gasteiger partial charge in [-0.1, -0.05) is 36.4 Å². The fourth-order valence-electron chi connectivity index (χ4n) is 2.18. The number of carbonyl (C=O) groups excluding carboxylic acids is 2. The summed E-state index contributed by atoms with van der Waals surface area (Å²) in [5.74, 6) is 0.00315. The Labute approximate surface area is 141 Å². The van der Waals surface area contributed by atoms with Crippen molar-refractivity contribution in [3.05, 3.63) is 60.2 Å². The predicted molar refractivity (Wildman–Crippen MR) is 92.0 cm³/mol. The molecule has 0 fully saturated rings. The average molecular weight is 327 g/mol. The molecule has 0 radical (unpaired) electrons. The largest absolute Gasteiger partial charge is 0.494 e. The first-order valence-electron chi connectivity index (χ1n) is 7.90. The van der Waals surface area contributed by atoms with Crippen molar-refractivity contribution in [2.75, 3.05) is 18.5 Å². The second-order valence-electron chi connectivity index (χ2n) is 5.12. The van der Waals surface area contributed by atoms with Crippen molar-refractivity contribution < 1.29 is 19.1 Å².